The predicted octanol–water partition coefficient (Wildman–Crippen LogP) is 1.52. The molecule has 0 aliphatic rings. The zero-order valence-corrected chi connectivity index (χ0v) is 10.0. The molecular weight excluding hydrogens is 234 g/mol. The van der Waals surface area contributed by atoms with Crippen molar-refractivity contribution in [1.82, 2.24) is 0 Å². The van der Waals surface area contributed by atoms with Gasteiger partial charge in [0.25, 0.3) is 0 Å². The van der Waals surface area contributed by atoms with Gasteiger partial charge in [-0.25, -0.2) is 0 Å². The van der Waals surface area contributed by atoms with Crippen molar-refractivity contribution in [3.05, 3.63) is 45.8 Å². The summed E-state index contributed by atoms with van der Waals surface area (Å²) in [6.07, 6.45) is -2.17. The first-order chi connectivity index (χ1) is 8.56. The Labute approximate surface area is 105 Å². The van der Waals surface area contributed by atoms with Crippen molar-refractivity contribution < 1.29 is 15.0 Å². The van der Waals surface area contributed by atoms with E-state index in [-0.39, 0.29) is 18.7 Å². The Morgan fingerprint density at radius 1 is 1.44 bits per heavy atom. The van der Waals surface area contributed by atoms with Crippen LogP contribution in [0, 0.1) is 0 Å². The van der Waals surface area contributed by atoms with Gasteiger partial charge < -0.3 is 10.2 Å². The van der Waals surface area contributed by atoms with Gasteiger partial charge in [0.2, 0.25) is 0 Å². The van der Waals surface area contributed by atoms with Gasteiger partial charge in [0, 0.05) is 11.3 Å². The molecule has 1 aromatic carbocycles. The Bertz CT molecular complexity index is 469. The molecule has 2 atom stereocenters. The molecule has 0 aliphatic carbocycles. The van der Waals surface area contributed by atoms with Gasteiger partial charge in [0.1, 0.15) is 11.9 Å². The third kappa shape index (κ3) is 3.85. The molecule has 1 aromatic rings. The van der Waals surface area contributed by atoms with Crippen LogP contribution in [0.4, 0.5) is 0 Å². The van der Waals surface area contributed by atoms with Crippen LogP contribution < -0.4 is 0 Å². The zero-order chi connectivity index (χ0) is 13.5. The fourth-order valence-corrected chi connectivity index (χ4v) is 1.68. The summed E-state index contributed by atoms with van der Waals surface area (Å²) in [6.45, 7) is 1.24. The Balaban J connectivity index is 2.93. The van der Waals surface area contributed by atoms with Crippen molar-refractivity contribution in [2.45, 2.75) is 25.6 Å². The van der Waals surface area contributed by atoms with E-state index in [1.807, 2.05) is 0 Å². The number of carbonyl (C=O) groups is 1. The highest BCUT2D eigenvalue weighted by Crippen LogP contribution is 2.22. The summed E-state index contributed by atoms with van der Waals surface area (Å²) in [5.74, 6) is -0.0285. The summed E-state index contributed by atoms with van der Waals surface area (Å²) >= 11 is 0. The van der Waals surface area contributed by atoms with E-state index in [2.05, 4.69) is 10.0 Å². The number of Topliss-reactive ketones (excluding diaryl/α,β-unsaturated/α-hetero) is 1. The Morgan fingerprint density at radius 2 is 2.11 bits per heavy atom. The van der Waals surface area contributed by atoms with E-state index in [0.29, 0.717) is 11.1 Å². The lowest BCUT2D eigenvalue weighted by molar-refractivity contribution is -0.116. The zero-order valence-electron chi connectivity index (χ0n) is 10.0. The summed E-state index contributed by atoms with van der Waals surface area (Å²) in [4.78, 5) is 13.6. The molecule has 96 valence electrons. The number of ketones is 1. The van der Waals surface area contributed by atoms with Gasteiger partial charge in [-0.2, -0.15) is 0 Å². The maximum atomic E-state index is 11.1. The van der Waals surface area contributed by atoms with Crippen LogP contribution >= 0.6 is 0 Å². The van der Waals surface area contributed by atoms with Crippen molar-refractivity contribution in [3.63, 3.8) is 0 Å². The SMILES string of the molecule is CC(=O)Cc1ccccc1C(O)C(O)CN=[N+]=[N-]. The standard InChI is InChI=1S/C12H15N3O3/c1-8(16)6-9-4-2-3-5-10(9)12(18)11(17)7-14-15-13/h2-5,11-12,17-18H,6-7H2,1H3. The first-order valence-corrected chi connectivity index (χ1v) is 5.50. The lowest BCUT2D eigenvalue weighted by Crippen LogP contribution is -2.22. The number of aliphatic hydroxyl groups is 2. The van der Waals surface area contributed by atoms with E-state index in [0.717, 1.165) is 0 Å². The summed E-state index contributed by atoms with van der Waals surface area (Å²) in [5, 5.41) is 22.8. The average Bonchev–Trinajstić information content (AvgIpc) is 2.35. The second kappa shape index (κ2) is 6.76. The molecule has 0 fully saturated rings. The third-order valence-corrected chi connectivity index (χ3v) is 2.51. The number of azide groups is 1. The van der Waals surface area contributed by atoms with Gasteiger partial charge in [0.05, 0.1) is 12.6 Å². The van der Waals surface area contributed by atoms with Crippen LogP contribution in [-0.2, 0) is 11.2 Å². The van der Waals surface area contributed by atoms with Crippen LogP contribution in [-0.4, -0.2) is 28.6 Å². The van der Waals surface area contributed by atoms with Crippen molar-refractivity contribution in [1.29, 1.82) is 0 Å². The van der Waals surface area contributed by atoms with Gasteiger partial charge in [-0.1, -0.05) is 29.4 Å². The lowest BCUT2D eigenvalue weighted by Gasteiger charge is -2.19. The summed E-state index contributed by atoms with van der Waals surface area (Å²) < 4.78 is 0. The number of hydrogen-bond acceptors (Lipinski definition) is 4. The summed E-state index contributed by atoms with van der Waals surface area (Å²) in [5.41, 5.74) is 9.31. The summed E-state index contributed by atoms with van der Waals surface area (Å²) in [6, 6.07) is 6.83. The number of nitrogens with zero attached hydrogens (tertiary/aromatic N) is 3. The maximum Gasteiger partial charge on any atom is 0.134 e. The molecule has 2 N–H and O–H groups in total. The number of carbonyl (C=O) groups excluding carboxylic acids is 1. The van der Waals surface area contributed by atoms with Crippen LogP contribution in [0.25, 0.3) is 10.4 Å². The third-order valence-electron chi connectivity index (χ3n) is 2.51. The first kappa shape index (κ1) is 14.2. The molecule has 6 nitrogen and oxygen atoms in total. The van der Waals surface area contributed by atoms with Crippen molar-refractivity contribution in [2.75, 3.05) is 6.54 Å². The smallest absolute Gasteiger partial charge is 0.134 e. The fraction of sp³-hybridized carbons (Fsp3) is 0.417. The highest BCUT2D eigenvalue weighted by molar-refractivity contribution is 5.78. The second-order valence-corrected chi connectivity index (χ2v) is 4.00. The normalized spacial score (nSPS) is 13.5. The number of benzene rings is 1. The van der Waals surface area contributed by atoms with Gasteiger partial charge in [-0.15, -0.1) is 0 Å². The van der Waals surface area contributed by atoms with Crippen molar-refractivity contribution in [2.24, 2.45) is 5.11 Å². The molecule has 0 radical (unpaired) electrons. The second-order valence-electron chi connectivity index (χ2n) is 4.00. The lowest BCUT2D eigenvalue weighted by atomic mass is 9.96. The number of rotatable bonds is 6. The minimum Gasteiger partial charge on any atom is -0.390 e. The molecule has 0 heterocycles. The minimum atomic E-state index is -1.19. The molecule has 0 aromatic heterocycles. The van der Waals surface area contributed by atoms with E-state index in [1.165, 1.54) is 6.92 Å². The van der Waals surface area contributed by atoms with Crippen LogP contribution in [0.1, 0.15) is 24.2 Å². The molecule has 0 spiro atoms. The Kier molecular flexibility index (Phi) is 5.32. The topological polar surface area (TPSA) is 106 Å². The molecule has 18 heavy (non-hydrogen) atoms. The van der Waals surface area contributed by atoms with E-state index < -0.39 is 12.2 Å². The summed E-state index contributed by atoms with van der Waals surface area (Å²) in [7, 11) is 0. The Morgan fingerprint density at radius 3 is 2.72 bits per heavy atom. The molecular formula is C12H15N3O3. The maximum absolute atomic E-state index is 11.1. The highest BCUT2D eigenvalue weighted by Gasteiger charge is 2.20. The van der Waals surface area contributed by atoms with E-state index in [1.54, 1.807) is 24.3 Å². The van der Waals surface area contributed by atoms with Crippen molar-refractivity contribution in [3.8, 4) is 0 Å². The van der Waals surface area contributed by atoms with Crippen LogP contribution in [0.5, 0.6) is 0 Å². The quantitative estimate of drug-likeness (QED) is 0.453. The van der Waals surface area contributed by atoms with E-state index >= 15 is 0 Å². The molecule has 0 aliphatic heterocycles. The molecule has 0 saturated carbocycles. The molecule has 0 amide bonds. The Hall–Kier alpha value is -1.88. The number of aliphatic hydroxyl groups excluding tert-OH is 2. The molecule has 0 bridgehead atoms. The van der Waals surface area contributed by atoms with Gasteiger partial charge >= 0.3 is 0 Å². The first-order valence-electron chi connectivity index (χ1n) is 5.50. The van der Waals surface area contributed by atoms with Crippen LogP contribution in [0.15, 0.2) is 29.4 Å². The average molecular weight is 249 g/mol. The molecule has 0 saturated heterocycles. The fourth-order valence-electron chi connectivity index (χ4n) is 1.68. The molecule has 1 rings (SSSR count). The minimum absolute atomic E-state index is 0.0285. The monoisotopic (exact) mass is 249 g/mol. The largest absolute Gasteiger partial charge is 0.390 e. The van der Waals surface area contributed by atoms with E-state index in [9.17, 15) is 15.0 Å². The molecule has 6 heteroatoms. The van der Waals surface area contributed by atoms with Crippen molar-refractivity contribution >= 4 is 5.78 Å². The van der Waals surface area contributed by atoms with Crippen LogP contribution in [0.2, 0.25) is 0 Å². The van der Waals surface area contributed by atoms with E-state index in [4.69, 9.17) is 5.53 Å². The van der Waals surface area contributed by atoms with Gasteiger partial charge in [-0.05, 0) is 23.6 Å². The predicted molar refractivity (Wildman–Crippen MR) is 65.8 cm³/mol. The van der Waals surface area contributed by atoms with Gasteiger partial charge in [0.15, 0.2) is 0 Å². The number of hydrogen-bond donors (Lipinski definition) is 2. The highest BCUT2D eigenvalue weighted by atomic mass is 16.3. The van der Waals surface area contributed by atoms with Gasteiger partial charge in [-0.3, -0.25) is 4.79 Å². The molecule has 2 unspecified atom stereocenters. The van der Waals surface area contributed by atoms with Crippen LogP contribution in [0.3, 0.4) is 0 Å².